The van der Waals surface area contributed by atoms with E-state index in [4.69, 9.17) is 11.6 Å². The quantitative estimate of drug-likeness (QED) is 0.643. The molecule has 0 radical (unpaired) electrons. The second kappa shape index (κ2) is 6.34. The molecule has 0 atom stereocenters. The Balaban J connectivity index is 1.93. The van der Waals surface area contributed by atoms with Crippen molar-refractivity contribution in [2.24, 2.45) is 0 Å². The average molecular weight is 430 g/mol. The molecule has 3 rings (SSSR count). The van der Waals surface area contributed by atoms with Gasteiger partial charge in [0.2, 0.25) is 0 Å². The summed E-state index contributed by atoms with van der Waals surface area (Å²) in [5, 5.41) is 7.98. The maximum Gasteiger partial charge on any atom is 0.175 e. The third-order valence-corrected chi connectivity index (χ3v) is 5.69. The predicted octanol–water partition coefficient (Wildman–Crippen LogP) is 3.47. The molecule has 0 amide bonds. The smallest absolute Gasteiger partial charge is 0.175 e. The number of hydrogen-bond acceptors (Lipinski definition) is 5. The third kappa shape index (κ3) is 3.40. The number of hydrogen-bond donors (Lipinski definition) is 1. The first-order chi connectivity index (χ1) is 11.3. The van der Waals surface area contributed by atoms with E-state index in [1.807, 2.05) is 13.0 Å². The van der Waals surface area contributed by atoms with Gasteiger partial charge < -0.3 is 5.32 Å². The zero-order valence-corrected chi connectivity index (χ0v) is 16.1. The molecule has 0 saturated carbocycles. The minimum atomic E-state index is -3.23. The van der Waals surface area contributed by atoms with Crippen LogP contribution in [0.25, 0.3) is 5.65 Å². The number of aromatic nitrogens is 3. The molecule has 0 aliphatic rings. The van der Waals surface area contributed by atoms with Crippen molar-refractivity contribution in [2.45, 2.75) is 18.4 Å². The molecule has 126 valence electrons. The number of nitrogens with one attached hydrogen (secondary N) is 1. The first-order valence-corrected chi connectivity index (χ1v) is 10.1. The molecular weight excluding hydrogens is 416 g/mol. The summed E-state index contributed by atoms with van der Waals surface area (Å²) in [5.74, 6) is 0.670. The number of aryl methyl sites for hydroxylation is 1. The summed E-state index contributed by atoms with van der Waals surface area (Å²) < 4.78 is 25.8. The highest BCUT2D eigenvalue weighted by Gasteiger charge is 2.13. The van der Waals surface area contributed by atoms with Gasteiger partial charge in [0, 0.05) is 18.9 Å². The van der Waals surface area contributed by atoms with Crippen LogP contribution in [0.4, 0.5) is 5.82 Å². The topological polar surface area (TPSA) is 76.4 Å². The molecule has 3 aromatic rings. The van der Waals surface area contributed by atoms with E-state index in [0.717, 1.165) is 15.7 Å². The fourth-order valence-electron chi connectivity index (χ4n) is 2.27. The van der Waals surface area contributed by atoms with E-state index < -0.39 is 9.84 Å². The van der Waals surface area contributed by atoms with Crippen molar-refractivity contribution in [1.29, 1.82) is 0 Å². The maximum absolute atomic E-state index is 11.7. The van der Waals surface area contributed by atoms with E-state index in [9.17, 15) is 8.42 Å². The second-order valence-electron chi connectivity index (χ2n) is 5.37. The average Bonchev–Trinajstić information content (AvgIpc) is 2.80. The highest BCUT2D eigenvalue weighted by atomic mass is 79.9. The lowest BCUT2D eigenvalue weighted by atomic mass is 10.2. The van der Waals surface area contributed by atoms with Crippen LogP contribution in [0.3, 0.4) is 0 Å². The molecule has 0 aliphatic carbocycles. The third-order valence-electron chi connectivity index (χ3n) is 3.46. The Bertz CT molecular complexity index is 1030. The van der Waals surface area contributed by atoms with Gasteiger partial charge in [-0.05, 0) is 40.5 Å². The standard InChI is InChI=1S/C15H14BrClN4O2S/c1-9-14(16)15-19-12(17)7-13(21(15)20-9)18-8-10-4-3-5-11(6-10)24(2,22)23/h3-7,18H,8H2,1-2H3. The Morgan fingerprint density at radius 2 is 2.08 bits per heavy atom. The summed E-state index contributed by atoms with van der Waals surface area (Å²) in [7, 11) is -3.23. The van der Waals surface area contributed by atoms with Gasteiger partial charge in [0.25, 0.3) is 0 Å². The molecule has 6 nitrogen and oxygen atoms in total. The molecule has 0 saturated heterocycles. The Hall–Kier alpha value is -1.64. The molecule has 9 heteroatoms. The van der Waals surface area contributed by atoms with Gasteiger partial charge in [0.05, 0.1) is 15.1 Å². The molecule has 0 aliphatic heterocycles. The van der Waals surface area contributed by atoms with E-state index in [1.165, 1.54) is 6.26 Å². The lowest BCUT2D eigenvalue weighted by molar-refractivity contribution is 0.601. The van der Waals surface area contributed by atoms with E-state index >= 15 is 0 Å². The van der Waals surface area contributed by atoms with E-state index in [0.29, 0.717) is 23.2 Å². The van der Waals surface area contributed by atoms with Crippen molar-refractivity contribution in [2.75, 3.05) is 11.6 Å². The van der Waals surface area contributed by atoms with Crippen LogP contribution in [0.15, 0.2) is 39.7 Å². The summed E-state index contributed by atoms with van der Waals surface area (Å²) >= 11 is 9.53. The summed E-state index contributed by atoms with van der Waals surface area (Å²) in [4.78, 5) is 4.55. The van der Waals surface area contributed by atoms with Crippen LogP contribution in [-0.4, -0.2) is 29.3 Å². The molecule has 1 aromatic carbocycles. The van der Waals surface area contributed by atoms with Crippen molar-refractivity contribution in [1.82, 2.24) is 14.6 Å². The molecule has 0 bridgehead atoms. The van der Waals surface area contributed by atoms with Gasteiger partial charge in [-0.1, -0.05) is 23.7 Å². The lowest BCUT2D eigenvalue weighted by Gasteiger charge is -2.10. The number of fused-ring (bicyclic) bond motifs is 1. The van der Waals surface area contributed by atoms with E-state index in [-0.39, 0.29) is 4.90 Å². The molecule has 2 heterocycles. The molecular formula is C15H14BrClN4O2S. The van der Waals surface area contributed by atoms with Crippen molar-refractivity contribution < 1.29 is 8.42 Å². The van der Waals surface area contributed by atoms with Crippen LogP contribution in [0.2, 0.25) is 5.15 Å². The van der Waals surface area contributed by atoms with Gasteiger partial charge in [0.1, 0.15) is 11.0 Å². The monoisotopic (exact) mass is 428 g/mol. The highest BCUT2D eigenvalue weighted by molar-refractivity contribution is 9.10. The van der Waals surface area contributed by atoms with Gasteiger partial charge >= 0.3 is 0 Å². The molecule has 24 heavy (non-hydrogen) atoms. The number of nitrogens with zero attached hydrogens (tertiary/aromatic N) is 3. The highest BCUT2D eigenvalue weighted by Crippen LogP contribution is 2.25. The van der Waals surface area contributed by atoms with Crippen LogP contribution in [-0.2, 0) is 16.4 Å². The Morgan fingerprint density at radius 3 is 2.79 bits per heavy atom. The molecule has 0 spiro atoms. The fourth-order valence-corrected chi connectivity index (χ4v) is 3.48. The van der Waals surface area contributed by atoms with Crippen molar-refractivity contribution >= 4 is 48.8 Å². The van der Waals surface area contributed by atoms with Crippen molar-refractivity contribution in [3.63, 3.8) is 0 Å². The zero-order chi connectivity index (χ0) is 17.5. The van der Waals surface area contributed by atoms with Gasteiger partial charge in [0.15, 0.2) is 15.5 Å². The lowest BCUT2D eigenvalue weighted by Crippen LogP contribution is -2.07. The summed E-state index contributed by atoms with van der Waals surface area (Å²) in [5.41, 5.74) is 2.25. The minimum Gasteiger partial charge on any atom is -0.366 e. The normalized spacial score (nSPS) is 11.8. The van der Waals surface area contributed by atoms with E-state index in [2.05, 4.69) is 31.3 Å². The van der Waals surface area contributed by atoms with Gasteiger partial charge in [-0.25, -0.2) is 13.4 Å². The predicted molar refractivity (Wildman–Crippen MR) is 97.3 cm³/mol. The van der Waals surface area contributed by atoms with Gasteiger partial charge in [-0.2, -0.15) is 9.61 Å². The summed E-state index contributed by atoms with van der Waals surface area (Å²) in [6, 6.07) is 8.47. The Morgan fingerprint density at radius 1 is 1.33 bits per heavy atom. The van der Waals surface area contributed by atoms with Gasteiger partial charge in [-0.15, -0.1) is 0 Å². The Kier molecular flexibility index (Phi) is 4.54. The molecule has 0 fully saturated rings. The number of halogens is 2. The number of sulfone groups is 1. The van der Waals surface area contributed by atoms with Crippen LogP contribution < -0.4 is 5.32 Å². The largest absolute Gasteiger partial charge is 0.366 e. The number of anilines is 1. The number of rotatable bonds is 4. The second-order valence-corrected chi connectivity index (χ2v) is 8.57. The van der Waals surface area contributed by atoms with Crippen LogP contribution in [0.1, 0.15) is 11.3 Å². The number of benzene rings is 1. The summed E-state index contributed by atoms with van der Waals surface area (Å²) in [6.45, 7) is 2.29. The van der Waals surface area contributed by atoms with Crippen LogP contribution in [0, 0.1) is 6.92 Å². The van der Waals surface area contributed by atoms with Crippen LogP contribution >= 0.6 is 27.5 Å². The van der Waals surface area contributed by atoms with E-state index in [1.54, 1.807) is 28.8 Å². The molecule has 1 N–H and O–H groups in total. The Labute approximate surface area is 152 Å². The first kappa shape index (κ1) is 17.2. The summed E-state index contributed by atoms with van der Waals surface area (Å²) in [6.07, 6.45) is 1.19. The zero-order valence-electron chi connectivity index (χ0n) is 12.9. The van der Waals surface area contributed by atoms with Crippen LogP contribution in [0.5, 0.6) is 0 Å². The van der Waals surface area contributed by atoms with Crippen molar-refractivity contribution in [3.8, 4) is 0 Å². The first-order valence-electron chi connectivity index (χ1n) is 7.00. The fraction of sp³-hybridized carbons (Fsp3) is 0.200. The maximum atomic E-state index is 11.7. The van der Waals surface area contributed by atoms with Crippen molar-refractivity contribution in [3.05, 3.63) is 51.2 Å². The molecule has 0 unspecified atom stereocenters. The molecule has 2 aromatic heterocycles. The minimum absolute atomic E-state index is 0.289. The van der Waals surface area contributed by atoms with Gasteiger partial charge in [-0.3, -0.25) is 0 Å². The SMILES string of the molecule is Cc1nn2c(NCc3cccc(S(C)(=O)=O)c3)cc(Cl)nc2c1Br.